The zero-order valence-corrected chi connectivity index (χ0v) is 20.7. The van der Waals surface area contributed by atoms with Crippen molar-refractivity contribution in [3.63, 3.8) is 0 Å². The van der Waals surface area contributed by atoms with Crippen LogP contribution in [0.1, 0.15) is 18.1 Å². The average molecular weight is 503 g/mol. The first-order valence-electron chi connectivity index (χ1n) is 10.7. The van der Waals surface area contributed by atoms with Gasteiger partial charge in [0.15, 0.2) is 0 Å². The Bertz CT molecular complexity index is 1250. The standard InChI is InChI=1S/C25H27ClN2O5S/c1-4-33-23-13-11-19(16-20(23)26)34(30,31)28-22(15-18-8-6-5-7-9-18)25(29)27-21-14-17(2)10-12-24(21)32-3/h5-14,16,22,28H,4,15H2,1-3H3,(H,27,29)/t22-/m1/s1. The molecule has 0 aliphatic rings. The number of ether oxygens (including phenoxy) is 2. The maximum absolute atomic E-state index is 13.3. The number of nitrogens with one attached hydrogen (secondary N) is 2. The molecular weight excluding hydrogens is 476 g/mol. The van der Waals surface area contributed by atoms with Crippen molar-refractivity contribution in [2.45, 2.75) is 31.2 Å². The van der Waals surface area contributed by atoms with Crippen LogP contribution in [-0.4, -0.2) is 34.1 Å². The van der Waals surface area contributed by atoms with E-state index in [-0.39, 0.29) is 16.3 Å². The van der Waals surface area contributed by atoms with Gasteiger partial charge in [0.05, 0.1) is 29.3 Å². The highest BCUT2D eigenvalue weighted by molar-refractivity contribution is 7.89. The van der Waals surface area contributed by atoms with Gasteiger partial charge in [0.25, 0.3) is 0 Å². The summed E-state index contributed by atoms with van der Waals surface area (Å²) in [6.07, 6.45) is 0.144. The van der Waals surface area contributed by atoms with Crippen molar-refractivity contribution < 1.29 is 22.7 Å². The van der Waals surface area contributed by atoms with Crippen LogP contribution in [0.25, 0.3) is 0 Å². The number of amides is 1. The molecule has 0 radical (unpaired) electrons. The van der Waals surface area contributed by atoms with E-state index >= 15 is 0 Å². The minimum atomic E-state index is -4.08. The van der Waals surface area contributed by atoms with Crippen LogP contribution < -0.4 is 19.5 Å². The maximum Gasteiger partial charge on any atom is 0.243 e. The number of rotatable bonds is 10. The molecule has 0 bridgehead atoms. The van der Waals surface area contributed by atoms with E-state index in [1.54, 1.807) is 19.1 Å². The van der Waals surface area contributed by atoms with E-state index in [0.717, 1.165) is 11.1 Å². The second-order valence-corrected chi connectivity index (χ2v) is 9.70. The lowest BCUT2D eigenvalue weighted by molar-refractivity contribution is -0.117. The highest BCUT2D eigenvalue weighted by Crippen LogP contribution is 2.28. The number of hydrogen-bond acceptors (Lipinski definition) is 5. The smallest absolute Gasteiger partial charge is 0.243 e. The van der Waals surface area contributed by atoms with E-state index in [0.29, 0.717) is 23.8 Å². The monoisotopic (exact) mass is 502 g/mol. The van der Waals surface area contributed by atoms with Crippen molar-refractivity contribution in [1.82, 2.24) is 4.72 Å². The third-order valence-corrected chi connectivity index (χ3v) is 6.79. The Labute approximate surface area is 205 Å². The normalized spacial score (nSPS) is 12.1. The first-order chi connectivity index (χ1) is 16.2. The average Bonchev–Trinajstić information content (AvgIpc) is 2.80. The molecule has 3 aromatic rings. The molecule has 0 fully saturated rings. The molecule has 1 amide bonds. The van der Waals surface area contributed by atoms with Crippen molar-refractivity contribution in [1.29, 1.82) is 0 Å². The molecule has 2 N–H and O–H groups in total. The van der Waals surface area contributed by atoms with Gasteiger partial charge in [-0.2, -0.15) is 4.72 Å². The second kappa shape index (κ2) is 11.4. The molecule has 0 unspecified atom stereocenters. The molecule has 1 atom stereocenters. The molecule has 0 saturated heterocycles. The molecule has 3 rings (SSSR count). The molecule has 0 heterocycles. The van der Waals surface area contributed by atoms with Gasteiger partial charge in [-0.1, -0.05) is 48.0 Å². The Morgan fingerprint density at radius 2 is 1.74 bits per heavy atom. The lowest BCUT2D eigenvalue weighted by Crippen LogP contribution is -2.45. The molecule has 0 aliphatic carbocycles. The highest BCUT2D eigenvalue weighted by atomic mass is 35.5. The zero-order valence-electron chi connectivity index (χ0n) is 19.2. The minimum Gasteiger partial charge on any atom is -0.495 e. The predicted molar refractivity (Wildman–Crippen MR) is 133 cm³/mol. The molecule has 0 spiro atoms. The van der Waals surface area contributed by atoms with E-state index in [1.807, 2.05) is 43.3 Å². The summed E-state index contributed by atoms with van der Waals surface area (Å²) >= 11 is 6.19. The fourth-order valence-corrected chi connectivity index (χ4v) is 4.87. The van der Waals surface area contributed by atoms with Crippen molar-refractivity contribution >= 4 is 33.2 Å². The second-order valence-electron chi connectivity index (χ2n) is 7.58. The Morgan fingerprint density at radius 3 is 2.38 bits per heavy atom. The summed E-state index contributed by atoms with van der Waals surface area (Å²) in [5, 5.41) is 2.96. The Balaban J connectivity index is 1.90. The topological polar surface area (TPSA) is 93.7 Å². The quantitative estimate of drug-likeness (QED) is 0.423. The number of halogens is 1. The lowest BCUT2D eigenvalue weighted by atomic mass is 10.1. The molecule has 180 valence electrons. The number of anilines is 1. The van der Waals surface area contributed by atoms with Crippen molar-refractivity contribution in [2.75, 3.05) is 19.0 Å². The third kappa shape index (κ3) is 6.50. The first-order valence-corrected chi connectivity index (χ1v) is 12.5. The minimum absolute atomic E-state index is 0.0695. The van der Waals surface area contributed by atoms with Gasteiger partial charge in [-0.25, -0.2) is 8.42 Å². The number of carbonyl (C=O) groups excluding carboxylic acids is 1. The lowest BCUT2D eigenvalue weighted by Gasteiger charge is -2.20. The van der Waals surface area contributed by atoms with Crippen LogP contribution in [0, 0.1) is 6.92 Å². The van der Waals surface area contributed by atoms with Crippen LogP contribution >= 0.6 is 11.6 Å². The summed E-state index contributed by atoms with van der Waals surface area (Å²) in [7, 11) is -2.58. The Kier molecular flexibility index (Phi) is 8.55. The first kappa shape index (κ1) is 25.6. The third-order valence-electron chi connectivity index (χ3n) is 5.02. The molecule has 34 heavy (non-hydrogen) atoms. The van der Waals surface area contributed by atoms with Crippen LogP contribution in [0.15, 0.2) is 71.6 Å². The van der Waals surface area contributed by atoms with Gasteiger partial charge in [-0.05, 0) is 61.7 Å². The van der Waals surface area contributed by atoms with Crippen molar-refractivity contribution in [3.8, 4) is 11.5 Å². The number of benzene rings is 3. The van der Waals surface area contributed by atoms with Crippen molar-refractivity contribution in [3.05, 3.63) is 82.9 Å². The van der Waals surface area contributed by atoms with E-state index in [9.17, 15) is 13.2 Å². The number of aryl methyl sites for hydroxylation is 1. The highest BCUT2D eigenvalue weighted by Gasteiger charge is 2.27. The van der Waals surface area contributed by atoms with Crippen LogP contribution in [0.4, 0.5) is 5.69 Å². The van der Waals surface area contributed by atoms with Gasteiger partial charge in [-0.15, -0.1) is 0 Å². The van der Waals surface area contributed by atoms with Crippen LogP contribution in [0.2, 0.25) is 5.02 Å². The molecular formula is C25H27ClN2O5S. The summed E-state index contributed by atoms with van der Waals surface area (Å²) in [4.78, 5) is 13.2. The number of carbonyl (C=O) groups is 1. The molecule has 3 aromatic carbocycles. The van der Waals surface area contributed by atoms with E-state index in [1.165, 1.54) is 25.3 Å². The summed E-state index contributed by atoms with van der Waals surface area (Å²) in [5.74, 6) is 0.333. The van der Waals surface area contributed by atoms with E-state index < -0.39 is 22.0 Å². The van der Waals surface area contributed by atoms with E-state index in [4.69, 9.17) is 21.1 Å². The summed E-state index contributed by atoms with van der Waals surface area (Å²) in [6.45, 7) is 4.08. The summed E-state index contributed by atoms with van der Waals surface area (Å²) in [5.41, 5.74) is 2.17. The summed E-state index contributed by atoms with van der Waals surface area (Å²) < 4.78 is 39.6. The van der Waals surface area contributed by atoms with Gasteiger partial charge in [0.1, 0.15) is 17.5 Å². The Morgan fingerprint density at radius 1 is 1.03 bits per heavy atom. The van der Waals surface area contributed by atoms with Gasteiger partial charge in [0.2, 0.25) is 15.9 Å². The van der Waals surface area contributed by atoms with Gasteiger partial charge in [0, 0.05) is 0 Å². The largest absolute Gasteiger partial charge is 0.495 e. The van der Waals surface area contributed by atoms with Gasteiger partial charge in [-0.3, -0.25) is 4.79 Å². The van der Waals surface area contributed by atoms with Crippen LogP contribution in [0.3, 0.4) is 0 Å². The fourth-order valence-electron chi connectivity index (χ4n) is 3.35. The van der Waals surface area contributed by atoms with Gasteiger partial charge >= 0.3 is 0 Å². The number of sulfonamides is 1. The zero-order chi connectivity index (χ0) is 24.7. The Hall–Kier alpha value is -3.07. The molecule has 0 aromatic heterocycles. The fraction of sp³-hybridized carbons (Fsp3) is 0.240. The number of hydrogen-bond donors (Lipinski definition) is 2. The van der Waals surface area contributed by atoms with Crippen molar-refractivity contribution in [2.24, 2.45) is 0 Å². The molecule has 0 saturated carbocycles. The SMILES string of the molecule is CCOc1ccc(S(=O)(=O)N[C@H](Cc2ccccc2)C(=O)Nc2cc(C)ccc2OC)cc1Cl. The molecule has 9 heteroatoms. The van der Waals surface area contributed by atoms with Gasteiger partial charge < -0.3 is 14.8 Å². The summed E-state index contributed by atoms with van der Waals surface area (Å²) in [6, 6.07) is 17.6. The molecule has 0 aliphatic heterocycles. The van der Waals surface area contributed by atoms with Crippen LogP contribution in [-0.2, 0) is 21.2 Å². The van der Waals surface area contributed by atoms with Crippen LogP contribution in [0.5, 0.6) is 11.5 Å². The number of methoxy groups -OCH3 is 1. The predicted octanol–water partition coefficient (Wildman–Crippen LogP) is 4.58. The maximum atomic E-state index is 13.3. The molecule has 7 nitrogen and oxygen atoms in total. The van der Waals surface area contributed by atoms with E-state index in [2.05, 4.69) is 10.0 Å².